The normalized spacial score (nSPS) is 14.7. The van der Waals surface area contributed by atoms with Crippen LogP contribution in [0.5, 0.6) is 0 Å². The van der Waals surface area contributed by atoms with Crippen molar-refractivity contribution in [2.24, 2.45) is 0 Å². The topological polar surface area (TPSA) is 71.7 Å². The fourth-order valence-corrected chi connectivity index (χ4v) is 4.54. The summed E-state index contributed by atoms with van der Waals surface area (Å²) in [5.41, 5.74) is 3.28. The number of hydrogen-bond acceptors (Lipinski definition) is 7. The molecule has 9 heteroatoms. The van der Waals surface area contributed by atoms with Crippen molar-refractivity contribution in [3.63, 3.8) is 0 Å². The molecule has 3 heterocycles. The number of halogens is 1. The van der Waals surface area contributed by atoms with Crippen molar-refractivity contribution in [3.8, 4) is 0 Å². The molecule has 29 heavy (non-hydrogen) atoms. The SMILES string of the molecule is Cc1cc(C)c2sc(N(CCCN3CCOCC3)C(=O)c3ccno3)nc2c1.Cl. The number of anilines is 1. The lowest BCUT2D eigenvalue weighted by molar-refractivity contribution is 0.0376. The molecule has 1 aliphatic heterocycles. The fraction of sp³-hybridized carbons (Fsp3) is 0.450. The van der Waals surface area contributed by atoms with Gasteiger partial charge in [0.05, 0.1) is 29.6 Å². The number of fused-ring (bicyclic) bond motifs is 1. The van der Waals surface area contributed by atoms with E-state index in [0.717, 1.165) is 49.5 Å². The first kappa shape index (κ1) is 21.7. The van der Waals surface area contributed by atoms with Gasteiger partial charge in [0.25, 0.3) is 5.91 Å². The highest BCUT2D eigenvalue weighted by Crippen LogP contribution is 2.33. The summed E-state index contributed by atoms with van der Waals surface area (Å²) < 4.78 is 11.6. The van der Waals surface area contributed by atoms with E-state index in [1.807, 2.05) is 0 Å². The number of carbonyl (C=O) groups excluding carboxylic acids is 1. The molecule has 0 aliphatic carbocycles. The summed E-state index contributed by atoms with van der Waals surface area (Å²) in [5, 5.41) is 4.38. The number of morpholine rings is 1. The summed E-state index contributed by atoms with van der Waals surface area (Å²) in [6.45, 7) is 9.07. The summed E-state index contributed by atoms with van der Waals surface area (Å²) in [4.78, 5) is 21.9. The van der Waals surface area contributed by atoms with E-state index in [2.05, 4.69) is 36.0 Å². The second kappa shape index (κ2) is 9.67. The van der Waals surface area contributed by atoms with Crippen LogP contribution < -0.4 is 4.90 Å². The van der Waals surface area contributed by atoms with Crippen LogP contribution in [0.2, 0.25) is 0 Å². The minimum Gasteiger partial charge on any atom is -0.379 e. The van der Waals surface area contributed by atoms with E-state index >= 15 is 0 Å². The van der Waals surface area contributed by atoms with Crippen molar-refractivity contribution >= 4 is 45.0 Å². The molecule has 1 saturated heterocycles. The van der Waals surface area contributed by atoms with Gasteiger partial charge in [-0.25, -0.2) is 4.98 Å². The third-order valence-corrected chi connectivity index (χ3v) is 6.12. The van der Waals surface area contributed by atoms with E-state index in [4.69, 9.17) is 14.2 Å². The number of hydrogen-bond donors (Lipinski definition) is 0. The lowest BCUT2D eigenvalue weighted by Gasteiger charge is -2.27. The first-order valence-corrected chi connectivity index (χ1v) is 10.3. The van der Waals surface area contributed by atoms with E-state index in [1.165, 1.54) is 17.3 Å². The zero-order valence-corrected chi connectivity index (χ0v) is 18.2. The number of carbonyl (C=O) groups is 1. The van der Waals surface area contributed by atoms with Gasteiger partial charge in [0.15, 0.2) is 5.13 Å². The van der Waals surface area contributed by atoms with E-state index in [9.17, 15) is 4.79 Å². The number of amides is 1. The Morgan fingerprint density at radius 1 is 1.28 bits per heavy atom. The van der Waals surface area contributed by atoms with E-state index in [1.54, 1.807) is 22.3 Å². The standard InChI is InChI=1S/C20H24N4O3S.ClH/c1-14-12-15(2)18-16(13-14)22-20(28-18)24(19(25)17-4-5-21-27-17)7-3-6-23-8-10-26-11-9-23;/h4-5,12-13H,3,6-11H2,1-2H3;1H. The van der Waals surface area contributed by atoms with Gasteiger partial charge in [0.2, 0.25) is 5.76 Å². The number of aryl methyl sites for hydroxylation is 2. The van der Waals surface area contributed by atoms with Crippen molar-refractivity contribution in [3.05, 3.63) is 41.3 Å². The van der Waals surface area contributed by atoms with Gasteiger partial charge >= 0.3 is 0 Å². The van der Waals surface area contributed by atoms with Crippen molar-refractivity contribution in [1.29, 1.82) is 0 Å². The molecule has 1 aliphatic rings. The van der Waals surface area contributed by atoms with E-state index < -0.39 is 0 Å². The number of nitrogens with zero attached hydrogens (tertiary/aromatic N) is 4. The molecule has 0 atom stereocenters. The highest BCUT2D eigenvalue weighted by molar-refractivity contribution is 7.22. The zero-order valence-electron chi connectivity index (χ0n) is 16.6. The van der Waals surface area contributed by atoms with Crippen LogP contribution in [0.4, 0.5) is 5.13 Å². The molecule has 2 aromatic heterocycles. The van der Waals surface area contributed by atoms with E-state index in [0.29, 0.717) is 11.7 Å². The van der Waals surface area contributed by atoms with E-state index in [-0.39, 0.29) is 24.1 Å². The van der Waals surface area contributed by atoms with Gasteiger partial charge in [-0.05, 0) is 37.5 Å². The molecule has 3 aromatic rings. The predicted octanol–water partition coefficient (Wildman–Crippen LogP) is 3.69. The fourth-order valence-electron chi connectivity index (χ4n) is 3.50. The van der Waals surface area contributed by atoms with Gasteiger partial charge in [-0.15, -0.1) is 12.4 Å². The average Bonchev–Trinajstić information content (AvgIpc) is 3.35. The first-order valence-electron chi connectivity index (χ1n) is 9.52. The van der Waals surface area contributed by atoms with Crippen LogP contribution in [0.3, 0.4) is 0 Å². The van der Waals surface area contributed by atoms with Gasteiger partial charge < -0.3 is 9.26 Å². The lowest BCUT2D eigenvalue weighted by atomic mass is 10.1. The van der Waals surface area contributed by atoms with Crippen LogP contribution in [0.15, 0.2) is 28.9 Å². The van der Waals surface area contributed by atoms with Gasteiger partial charge in [-0.2, -0.15) is 0 Å². The molecular weight excluding hydrogens is 412 g/mol. The average molecular weight is 437 g/mol. The quantitative estimate of drug-likeness (QED) is 0.586. The number of aromatic nitrogens is 2. The summed E-state index contributed by atoms with van der Waals surface area (Å²) >= 11 is 1.55. The van der Waals surface area contributed by atoms with Crippen molar-refractivity contribution < 1.29 is 14.1 Å². The Morgan fingerprint density at radius 2 is 2.07 bits per heavy atom. The van der Waals surface area contributed by atoms with Crippen LogP contribution in [0.1, 0.15) is 28.1 Å². The Balaban J connectivity index is 0.00000240. The Bertz CT molecular complexity index is 954. The van der Waals surface area contributed by atoms with Gasteiger partial charge in [-0.1, -0.05) is 22.6 Å². The number of rotatable bonds is 6. The summed E-state index contributed by atoms with van der Waals surface area (Å²) in [6.07, 6.45) is 2.35. The molecule has 0 N–H and O–H groups in total. The molecule has 1 aromatic carbocycles. The molecule has 7 nitrogen and oxygen atoms in total. The smallest absolute Gasteiger partial charge is 0.298 e. The number of benzene rings is 1. The van der Waals surface area contributed by atoms with Gasteiger partial charge in [0.1, 0.15) is 0 Å². The van der Waals surface area contributed by atoms with Crippen molar-refractivity contribution in [2.45, 2.75) is 20.3 Å². The van der Waals surface area contributed by atoms with Crippen LogP contribution >= 0.6 is 23.7 Å². The summed E-state index contributed by atoms with van der Waals surface area (Å²) in [5.74, 6) is 0.0337. The minimum absolute atomic E-state index is 0. The minimum atomic E-state index is -0.201. The Labute approximate surface area is 180 Å². The maximum Gasteiger partial charge on any atom is 0.298 e. The van der Waals surface area contributed by atoms with Gasteiger partial charge in [-0.3, -0.25) is 14.6 Å². The van der Waals surface area contributed by atoms with Crippen molar-refractivity contribution in [2.75, 3.05) is 44.3 Å². The molecule has 156 valence electrons. The zero-order chi connectivity index (χ0) is 19.5. The molecule has 0 spiro atoms. The molecule has 0 saturated carbocycles. The summed E-state index contributed by atoms with van der Waals surface area (Å²) in [6, 6.07) is 5.80. The van der Waals surface area contributed by atoms with Crippen LogP contribution in [0.25, 0.3) is 10.2 Å². The molecule has 0 unspecified atom stereocenters. The second-order valence-corrected chi connectivity index (χ2v) is 8.05. The van der Waals surface area contributed by atoms with Gasteiger partial charge in [0, 0.05) is 32.2 Å². The largest absolute Gasteiger partial charge is 0.379 e. The number of ether oxygens (including phenoxy) is 1. The molecule has 1 amide bonds. The van der Waals surface area contributed by atoms with Crippen LogP contribution in [-0.2, 0) is 4.74 Å². The Kier molecular flexibility index (Phi) is 7.23. The molecule has 0 radical (unpaired) electrons. The Morgan fingerprint density at radius 3 is 2.79 bits per heavy atom. The lowest BCUT2D eigenvalue weighted by Crippen LogP contribution is -2.39. The maximum absolute atomic E-state index is 13.0. The molecule has 0 bridgehead atoms. The molecular formula is C20H25ClN4O3S. The predicted molar refractivity (Wildman–Crippen MR) is 116 cm³/mol. The highest BCUT2D eigenvalue weighted by atomic mass is 35.5. The third-order valence-electron chi connectivity index (χ3n) is 4.89. The second-order valence-electron chi connectivity index (χ2n) is 7.07. The number of thiazole rings is 1. The van der Waals surface area contributed by atoms with Crippen LogP contribution in [0, 0.1) is 13.8 Å². The van der Waals surface area contributed by atoms with Crippen LogP contribution in [-0.4, -0.2) is 60.3 Å². The monoisotopic (exact) mass is 436 g/mol. The maximum atomic E-state index is 13.0. The third kappa shape index (κ3) is 4.95. The first-order chi connectivity index (χ1) is 13.6. The molecule has 1 fully saturated rings. The summed E-state index contributed by atoms with van der Waals surface area (Å²) in [7, 11) is 0. The van der Waals surface area contributed by atoms with Crippen molar-refractivity contribution in [1.82, 2.24) is 15.0 Å². The highest BCUT2D eigenvalue weighted by Gasteiger charge is 2.24. The molecule has 4 rings (SSSR count). The Hall–Kier alpha value is -2.00.